The lowest BCUT2D eigenvalue weighted by atomic mass is 10.2. The minimum Gasteiger partial charge on any atom is -0.266 e. The third-order valence-corrected chi connectivity index (χ3v) is 5.44. The predicted molar refractivity (Wildman–Crippen MR) is 111 cm³/mol. The molecule has 0 saturated heterocycles. The zero-order valence-electron chi connectivity index (χ0n) is 14.0. The SMILES string of the molecule is O=c1c2ncccc2nc(SCc2cccc(Cl)c2)n1-c1ccc(Cl)cc1. The molecule has 0 bridgehead atoms. The van der Waals surface area contributed by atoms with Crippen LogP contribution in [0.4, 0.5) is 0 Å². The van der Waals surface area contributed by atoms with Gasteiger partial charge in [0.2, 0.25) is 0 Å². The van der Waals surface area contributed by atoms with Crippen LogP contribution in [0.2, 0.25) is 10.0 Å². The van der Waals surface area contributed by atoms with Crippen LogP contribution in [0, 0.1) is 0 Å². The lowest BCUT2D eigenvalue weighted by Crippen LogP contribution is -2.22. The summed E-state index contributed by atoms with van der Waals surface area (Å²) in [4.78, 5) is 22.0. The molecular weight excluding hydrogens is 401 g/mol. The summed E-state index contributed by atoms with van der Waals surface area (Å²) in [7, 11) is 0. The molecule has 0 aliphatic heterocycles. The van der Waals surface area contributed by atoms with Gasteiger partial charge in [0.1, 0.15) is 0 Å². The third-order valence-electron chi connectivity index (χ3n) is 3.94. The largest absolute Gasteiger partial charge is 0.285 e. The molecule has 0 atom stereocenters. The van der Waals surface area contributed by atoms with Gasteiger partial charge in [0.05, 0.1) is 11.2 Å². The minimum atomic E-state index is -0.212. The maximum absolute atomic E-state index is 13.1. The van der Waals surface area contributed by atoms with Crippen LogP contribution in [0.25, 0.3) is 16.7 Å². The Bertz CT molecular complexity index is 1180. The van der Waals surface area contributed by atoms with Crippen LogP contribution in [0.15, 0.2) is 76.8 Å². The van der Waals surface area contributed by atoms with Gasteiger partial charge in [-0.3, -0.25) is 9.36 Å². The van der Waals surface area contributed by atoms with Gasteiger partial charge in [-0.1, -0.05) is 47.1 Å². The molecule has 0 amide bonds. The molecule has 0 radical (unpaired) electrons. The second kappa shape index (κ2) is 7.72. The molecule has 0 aliphatic rings. The molecule has 2 aromatic carbocycles. The topological polar surface area (TPSA) is 47.8 Å². The van der Waals surface area contributed by atoms with Crippen LogP contribution in [0.5, 0.6) is 0 Å². The summed E-state index contributed by atoms with van der Waals surface area (Å²) in [5.41, 5.74) is 2.44. The van der Waals surface area contributed by atoms with E-state index in [1.807, 2.05) is 24.3 Å². The number of rotatable bonds is 4. The Hall–Kier alpha value is -2.34. The lowest BCUT2D eigenvalue weighted by molar-refractivity contribution is 0.815. The van der Waals surface area contributed by atoms with E-state index in [0.29, 0.717) is 37.7 Å². The molecule has 0 fully saturated rings. The number of hydrogen-bond acceptors (Lipinski definition) is 4. The number of nitrogens with zero attached hydrogens (tertiary/aromatic N) is 3. The number of fused-ring (bicyclic) bond motifs is 1. The monoisotopic (exact) mass is 413 g/mol. The highest BCUT2D eigenvalue weighted by atomic mass is 35.5. The first-order chi connectivity index (χ1) is 13.1. The number of thioether (sulfide) groups is 1. The lowest BCUT2D eigenvalue weighted by Gasteiger charge is -2.13. The van der Waals surface area contributed by atoms with Crippen molar-refractivity contribution in [3.63, 3.8) is 0 Å². The second-order valence-electron chi connectivity index (χ2n) is 5.80. The van der Waals surface area contributed by atoms with Gasteiger partial charge in [0.15, 0.2) is 10.7 Å². The van der Waals surface area contributed by atoms with E-state index in [-0.39, 0.29) is 5.56 Å². The van der Waals surface area contributed by atoms with Crippen molar-refractivity contribution in [3.8, 4) is 5.69 Å². The van der Waals surface area contributed by atoms with E-state index in [0.717, 1.165) is 5.56 Å². The Balaban J connectivity index is 1.83. The first-order valence-corrected chi connectivity index (χ1v) is 9.87. The van der Waals surface area contributed by atoms with Gasteiger partial charge in [0, 0.05) is 22.0 Å². The normalized spacial score (nSPS) is 11.0. The fraction of sp³-hybridized carbons (Fsp3) is 0.0500. The van der Waals surface area contributed by atoms with E-state index in [9.17, 15) is 4.79 Å². The first-order valence-electron chi connectivity index (χ1n) is 8.13. The van der Waals surface area contributed by atoms with Crippen LogP contribution in [-0.4, -0.2) is 14.5 Å². The number of pyridine rings is 1. The van der Waals surface area contributed by atoms with Crippen LogP contribution < -0.4 is 5.56 Å². The molecule has 0 saturated carbocycles. The van der Waals surface area contributed by atoms with E-state index in [1.165, 1.54) is 11.8 Å². The van der Waals surface area contributed by atoms with Crippen molar-refractivity contribution in [2.45, 2.75) is 10.9 Å². The van der Waals surface area contributed by atoms with E-state index in [2.05, 4.69) is 9.97 Å². The number of halogens is 2. The van der Waals surface area contributed by atoms with E-state index >= 15 is 0 Å². The molecule has 2 aromatic heterocycles. The highest BCUT2D eigenvalue weighted by Crippen LogP contribution is 2.25. The van der Waals surface area contributed by atoms with E-state index in [1.54, 1.807) is 47.2 Å². The maximum atomic E-state index is 13.1. The van der Waals surface area contributed by atoms with Crippen LogP contribution in [0.1, 0.15) is 5.56 Å². The van der Waals surface area contributed by atoms with Crippen molar-refractivity contribution in [1.29, 1.82) is 0 Å². The predicted octanol–water partition coefficient (Wildman–Crippen LogP) is 5.38. The highest BCUT2D eigenvalue weighted by Gasteiger charge is 2.14. The van der Waals surface area contributed by atoms with Gasteiger partial charge in [-0.15, -0.1) is 0 Å². The quantitative estimate of drug-likeness (QED) is 0.332. The Morgan fingerprint density at radius 2 is 1.78 bits per heavy atom. The molecule has 0 aliphatic carbocycles. The van der Waals surface area contributed by atoms with E-state index < -0.39 is 0 Å². The molecule has 0 N–H and O–H groups in total. The van der Waals surface area contributed by atoms with Crippen LogP contribution in [0.3, 0.4) is 0 Å². The minimum absolute atomic E-state index is 0.212. The van der Waals surface area contributed by atoms with Crippen molar-refractivity contribution < 1.29 is 0 Å². The second-order valence-corrected chi connectivity index (χ2v) is 7.62. The molecule has 4 rings (SSSR count). The van der Waals surface area contributed by atoms with Gasteiger partial charge >= 0.3 is 0 Å². The molecule has 2 heterocycles. The van der Waals surface area contributed by atoms with Crippen LogP contribution in [-0.2, 0) is 5.75 Å². The molecule has 4 aromatic rings. The van der Waals surface area contributed by atoms with Gasteiger partial charge in [0.25, 0.3) is 5.56 Å². The average Bonchev–Trinajstić information content (AvgIpc) is 2.68. The third kappa shape index (κ3) is 3.86. The molecule has 134 valence electrons. The summed E-state index contributed by atoms with van der Waals surface area (Å²) in [6.45, 7) is 0. The van der Waals surface area contributed by atoms with Crippen LogP contribution >= 0.6 is 35.0 Å². The van der Waals surface area contributed by atoms with Gasteiger partial charge in [-0.25, -0.2) is 9.97 Å². The van der Waals surface area contributed by atoms with Gasteiger partial charge < -0.3 is 0 Å². The van der Waals surface area contributed by atoms with Crippen molar-refractivity contribution >= 4 is 46.0 Å². The Morgan fingerprint density at radius 1 is 0.963 bits per heavy atom. The van der Waals surface area contributed by atoms with Gasteiger partial charge in [-0.2, -0.15) is 0 Å². The summed E-state index contributed by atoms with van der Waals surface area (Å²) in [5, 5.41) is 1.87. The van der Waals surface area contributed by atoms with Crippen molar-refractivity contribution in [3.05, 3.63) is 92.8 Å². The first kappa shape index (κ1) is 18.0. The Labute approximate surface area is 169 Å². The van der Waals surface area contributed by atoms with Gasteiger partial charge in [-0.05, 0) is 54.1 Å². The molecule has 27 heavy (non-hydrogen) atoms. The number of aromatic nitrogens is 3. The average molecular weight is 414 g/mol. The highest BCUT2D eigenvalue weighted by molar-refractivity contribution is 7.98. The summed E-state index contributed by atoms with van der Waals surface area (Å²) >= 11 is 13.5. The molecular formula is C20H13Cl2N3OS. The standard InChI is InChI=1S/C20H13Cl2N3OS/c21-14-6-8-16(9-7-14)25-19(26)18-17(5-2-10-23-18)24-20(25)27-12-13-3-1-4-15(22)11-13/h1-11H,12H2. The fourth-order valence-corrected chi connectivity index (χ4v) is 3.98. The summed E-state index contributed by atoms with van der Waals surface area (Å²) in [6.07, 6.45) is 1.59. The molecule has 0 spiro atoms. The smallest absolute Gasteiger partial charge is 0.266 e. The maximum Gasteiger partial charge on any atom is 0.285 e. The van der Waals surface area contributed by atoms with Crippen molar-refractivity contribution in [1.82, 2.24) is 14.5 Å². The Kier molecular flexibility index (Phi) is 5.16. The molecule has 0 unspecified atom stereocenters. The fourth-order valence-electron chi connectivity index (χ4n) is 2.69. The summed E-state index contributed by atoms with van der Waals surface area (Å²) in [5.74, 6) is 0.631. The van der Waals surface area contributed by atoms with Crippen molar-refractivity contribution in [2.75, 3.05) is 0 Å². The molecule has 7 heteroatoms. The zero-order valence-corrected chi connectivity index (χ0v) is 16.3. The summed E-state index contributed by atoms with van der Waals surface area (Å²) in [6, 6.07) is 18.3. The Morgan fingerprint density at radius 3 is 2.56 bits per heavy atom. The zero-order chi connectivity index (χ0) is 18.8. The summed E-state index contributed by atoms with van der Waals surface area (Å²) < 4.78 is 1.57. The molecule has 4 nitrogen and oxygen atoms in total. The number of hydrogen-bond donors (Lipinski definition) is 0. The number of benzene rings is 2. The van der Waals surface area contributed by atoms with E-state index in [4.69, 9.17) is 23.2 Å². The van der Waals surface area contributed by atoms with Crippen molar-refractivity contribution in [2.24, 2.45) is 0 Å².